The molecule has 1 saturated heterocycles. The van der Waals surface area contributed by atoms with Gasteiger partial charge in [-0.2, -0.15) is 0 Å². The van der Waals surface area contributed by atoms with Crippen LogP contribution in [0.3, 0.4) is 0 Å². The first-order valence-electron chi connectivity index (χ1n) is 10.3. The Balaban J connectivity index is 1.62. The number of benzene rings is 2. The Kier molecular flexibility index (Phi) is 6.18. The van der Waals surface area contributed by atoms with Gasteiger partial charge in [0.25, 0.3) is 0 Å². The van der Waals surface area contributed by atoms with Gasteiger partial charge < -0.3 is 4.90 Å². The minimum atomic E-state index is -0.300. The van der Waals surface area contributed by atoms with Gasteiger partial charge in [-0.1, -0.05) is 42.1 Å². The predicted molar refractivity (Wildman–Crippen MR) is 117 cm³/mol. The maximum absolute atomic E-state index is 13.5. The van der Waals surface area contributed by atoms with E-state index in [0.29, 0.717) is 16.7 Å². The predicted octanol–water partition coefficient (Wildman–Crippen LogP) is 4.96. The lowest BCUT2D eigenvalue weighted by Crippen LogP contribution is -2.48. The summed E-state index contributed by atoms with van der Waals surface area (Å²) in [4.78, 5) is 15.0. The molecule has 4 rings (SSSR count). The first-order valence-corrected chi connectivity index (χ1v) is 11.2. The van der Waals surface area contributed by atoms with Gasteiger partial charge in [0.05, 0.1) is 5.75 Å². The van der Waals surface area contributed by atoms with Crippen LogP contribution in [-0.4, -0.2) is 43.4 Å². The summed E-state index contributed by atoms with van der Waals surface area (Å²) >= 11 is 1.37. The van der Waals surface area contributed by atoms with Crippen molar-refractivity contribution in [2.24, 2.45) is 0 Å². The number of piperidine rings is 1. The van der Waals surface area contributed by atoms with Gasteiger partial charge in [0.15, 0.2) is 11.0 Å². The Morgan fingerprint density at radius 1 is 1.03 bits per heavy atom. The summed E-state index contributed by atoms with van der Waals surface area (Å²) in [5, 5.41) is 9.35. The van der Waals surface area contributed by atoms with Crippen LogP contribution in [0.25, 0.3) is 17.1 Å². The average Bonchev–Trinajstić information content (AvgIpc) is 3.17. The van der Waals surface area contributed by atoms with Gasteiger partial charge in [-0.25, -0.2) is 4.39 Å². The summed E-state index contributed by atoms with van der Waals surface area (Å²) in [5.74, 6) is 0.778. The highest BCUT2D eigenvalue weighted by atomic mass is 32.2. The maximum atomic E-state index is 13.5. The van der Waals surface area contributed by atoms with Crippen molar-refractivity contribution in [3.8, 4) is 17.1 Å². The van der Waals surface area contributed by atoms with Crippen LogP contribution in [0.15, 0.2) is 59.8 Å². The number of nitrogens with zero attached hydrogens (tertiary/aromatic N) is 4. The largest absolute Gasteiger partial charge is 0.337 e. The van der Waals surface area contributed by atoms with Gasteiger partial charge in [-0.15, -0.1) is 10.2 Å². The molecule has 30 heavy (non-hydrogen) atoms. The Labute approximate surface area is 180 Å². The number of amides is 1. The minimum absolute atomic E-state index is 0.120. The van der Waals surface area contributed by atoms with E-state index in [1.54, 1.807) is 12.1 Å². The standard InChI is InChI=1S/C23H25FN4OS/c1-16-7-6-8-17(2)27(16)21(29)15-30-23-26-25-22(18-9-4-3-5-10-18)28(23)20-13-11-19(24)12-14-20/h3-5,9-14,16-17H,6-8,15H2,1-2H3/t16-,17+. The molecule has 2 heterocycles. The molecule has 1 aliphatic rings. The number of thioether (sulfide) groups is 1. The number of carbonyl (C=O) groups excluding carboxylic acids is 1. The summed E-state index contributed by atoms with van der Waals surface area (Å²) in [6.45, 7) is 4.24. The average molecular weight is 425 g/mol. The molecule has 0 saturated carbocycles. The van der Waals surface area contributed by atoms with Crippen molar-refractivity contribution in [3.05, 3.63) is 60.4 Å². The van der Waals surface area contributed by atoms with E-state index < -0.39 is 0 Å². The van der Waals surface area contributed by atoms with Crippen molar-refractivity contribution in [2.45, 2.75) is 50.4 Å². The number of aromatic nitrogens is 3. The van der Waals surface area contributed by atoms with Crippen LogP contribution in [-0.2, 0) is 4.79 Å². The Morgan fingerprint density at radius 2 is 1.70 bits per heavy atom. The van der Waals surface area contributed by atoms with E-state index in [0.717, 1.165) is 24.1 Å². The zero-order chi connectivity index (χ0) is 21.1. The van der Waals surface area contributed by atoms with Crippen molar-refractivity contribution < 1.29 is 9.18 Å². The Bertz CT molecular complexity index is 996. The second kappa shape index (κ2) is 9.00. The molecule has 1 amide bonds. The van der Waals surface area contributed by atoms with E-state index in [2.05, 4.69) is 24.0 Å². The molecule has 1 aliphatic heterocycles. The highest BCUT2D eigenvalue weighted by molar-refractivity contribution is 7.99. The van der Waals surface area contributed by atoms with Crippen LogP contribution in [0.1, 0.15) is 33.1 Å². The van der Waals surface area contributed by atoms with Crippen molar-refractivity contribution in [2.75, 3.05) is 5.75 Å². The lowest BCUT2D eigenvalue weighted by atomic mass is 9.98. The van der Waals surface area contributed by atoms with Crippen LogP contribution in [0, 0.1) is 5.82 Å². The highest BCUT2D eigenvalue weighted by Gasteiger charge is 2.29. The fraction of sp³-hybridized carbons (Fsp3) is 0.348. The zero-order valence-electron chi connectivity index (χ0n) is 17.2. The fourth-order valence-corrected chi connectivity index (χ4v) is 4.90. The molecule has 156 valence electrons. The smallest absolute Gasteiger partial charge is 0.233 e. The second-order valence-corrected chi connectivity index (χ2v) is 8.65. The van der Waals surface area contributed by atoms with E-state index >= 15 is 0 Å². The number of rotatable bonds is 5. The van der Waals surface area contributed by atoms with Gasteiger partial charge in [0, 0.05) is 23.3 Å². The van der Waals surface area contributed by atoms with Gasteiger partial charge >= 0.3 is 0 Å². The van der Waals surface area contributed by atoms with Gasteiger partial charge in [0.2, 0.25) is 5.91 Å². The summed E-state index contributed by atoms with van der Waals surface area (Å²) in [6, 6.07) is 16.5. The van der Waals surface area contributed by atoms with E-state index in [1.165, 1.54) is 30.3 Å². The first-order chi connectivity index (χ1) is 14.5. The fourth-order valence-electron chi connectivity index (χ4n) is 4.07. The second-order valence-electron chi connectivity index (χ2n) is 7.70. The molecule has 0 N–H and O–H groups in total. The number of hydrogen-bond donors (Lipinski definition) is 0. The molecule has 0 bridgehead atoms. The van der Waals surface area contributed by atoms with E-state index in [1.807, 2.05) is 39.8 Å². The van der Waals surface area contributed by atoms with Crippen molar-refractivity contribution >= 4 is 17.7 Å². The molecule has 2 aromatic carbocycles. The first kappa shape index (κ1) is 20.6. The monoisotopic (exact) mass is 424 g/mol. The molecule has 0 radical (unpaired) electrons. The number of carbonyl (C=O) groups is 1. The molecule has 0 aliphatic carbocycles. The SMILES string of the molecule is C[C@@H]1CCC[C@H](C)N1C(=O)CSc1nnc(-c2ccccc2)n1-c1ccc(F)cc1. The van der Waals surface area contributed by atoms with Crippen LogP contribution >= 0.6 is 11.8 Å². The van der Waals surface area contributed by atoms with Crippen LogP contribution in [0.2, 0.25) is 0 Å². The summed E-state index contributed by atoms with van der Waals surface area (Å²) < 4.78 is 15.4. The van der Waals surface area contributed by atoms with Gasteiger partial charge in [-0.05, 0) is 57.4 Å². The molecule has 1 aromatic heterocycles. The number of halogens is 1. The lowest BCUT2D eigenvalue weighted by molar-refractivity contribution is -0.134. The highest BCUT2D eigenvalue weighted by Crippen LogP contribution is 2.29. The molecule has 3 aromatic rings. The topological polar surface area (TPSA) is 51.0 Å². The normalized spacial score (nSPS) is 19.1. The molecule has 0 spiro atoms. The lowest BCUT2D eigenvalue weighted by Gasteiger charge is -2.39. The van der Waals surface area contributed by atoms with Crippen LogP contribution < -0.4 is 0 Å². The molecule has 7 heteroatoms. The summed E-state index contributed by atoms with van der Waals surface area (Å²) in [6.07, 6.45) is 3.26. The quantitative estimate of drug-likeness (QED) is 0.544. The number of hydrogen-bond acceptors (Lipinski definition) is 4. The summed E-state index contributed by atoms with van der Waals surface area (Å²) in [7, 11) is 0. The minimum Gasteiger partial charge on any atom is -0.337 e. The van der Waals surface area contributed by atoms with E-state index in [4.69, 9.17) is 0 Å². The maximum Gasteiger partial charge on any atom is 0.233 e. The van der Waals surface area contributed by atoms with Crippen molar-refractivity contribution in [1.82, 2.24) is 19.7 Å². The molecule has 1 fully saturated rings. The van der Waals surface area contributed by atoms with E-state index in [-0.39, 0.29) is 23.8 Å². The zero-order valence-corrected chi connectivity index (χ0v) is 18.0. The van der Waals surface area contributed by atoms with E-state index in [9.17, 15) is 9.18 Å². The summed E-state index contributed by atoms with van der Waals surface area (Å²) in [5.41, 5.74) is 1.67. The van der Waals surface area contributed by atoms with Crippen molar-refractivity contribution in [1.29, 1.82) is 0 Å². The van der Waals surface area contributed by atoms with Crippen LogP contribution in [0.4, 0.5) is 4.39 Å². The molecule has 0 unspecified atom stereocenters. The number of likely N-dealkylation sites (tertiary alicyclic amines) is 1. The third-order valence-electron chi connectivity index (χ3n) is 5.56. The Hall–Kier alpha value is -2.67. The van der Waals surface area contributed by atoms with Gasteiger partial charge in [0.1, 0.15) is 5.82 Å². The third-order valence-corrected chi connectivity index (χ3v) is 6.47. The molecular weight excluding hydrogens is 399 g/mol. The Morgan fingerprint density at radius 3 is 2.37 bits per heavy atom. The molecule has 5 nitrogen and oxygen atoms in total. The van der Waals surface area contributed by atoms with Crippen LogP contribution in [0.5, 0.6) is 0 Å². The molecule has 2 atom stereocenters. The third kappa shape index (κ3) is 4.26. The van der Waals surface area contributed by atoms with Gasteiger partial charge in [-0.3, -0.25) is 9.36 Å². The van der Waals surface area contributed by atoms with Crippen molar-refractivity contribution in [3.63, 3.8) is 0 Å². The molecular formula is C23H25FN4OS.